The monoisotopic (exact) mass is 196 g/mol. The summed E-state index contributed by atoms with van der Waals surface area (Å²) in [6.07, 6.45) is 5.16. The number of aromatic carboxylic acids is 1. The van der Waals surface area contributed by atoms with E-state index in [1.165, 1.54) is 0 Å². The van der Waals surface area contributed by atoms with E-state index >= 15 is 0 Å². The van der Waals surface area contributed by atoms with Crippen LogP contribution in [0.3, 0.4) is 0 Å². The molecule has 0 bridgehead atoms. The molecule has 1 aliphatic rings. The average Bonchev–Trinajstić information content (AvgIpc) is 2.68. The predicted octanol–water partition coefficient (Wildman–Crippen LogP) is 0.933. The number of carboxylic acid groups (broad SMARTS) is 1. The number of rotatable bonds is 2. The largest absolute Gasteiger partial charge is 0.476 e. The molecule has 1 atom stereocenters. The van der Waals surface area contributed by atoms with Crippen LogP contribution >= 0.6 is 0 Å². The van der Waals surface area contributed by atoms with E-state index < -0.39 is 5.97 Å². The van der Waals surface area contributed by atoms with Gasteiger partial charge in [-0.15, -0.1) is 0 Å². The smallest absolute Gasteiger partial charge is 0.356 e. The van der Waals surface area contributed by atoms with Crippen molar-refractivity contribution in [3.05, 3.63) is 18.2 Å². The van der Waals surface area contributed by atoms with Crippen molar-refractivity contribution in [3.8, 4) is 0 Å². The van der Waals surface area contributed by atoms with E-state index in [4.69, 9.17) is 9.84 Å². The molecular weight excluding hydrogens is 184 g/mol. The zero-order valence-corrected chi connectivity index (χ0v) is 7.72. The highest BCUT2D eigenvalue weighted by Crippen LogP contribution is 2.19. The minimum absolute atomic E-state index is 0.0931. The predicted molar refractivity (Wildman–Crippen MR) is 48.3 cm³/mol. The van der Waals surface area contributed by atoms with Gasteiger partial charge in [0.25, 0.3) is 0 Å². The molecule has 2 heterocycles. The highest BCUT2D eigenvalue weighted by Gasteiger charge is 2.17. The first-order valence-electron chi connectivity index (χ1n) is 4.62. The molecule has 2 rings (SSSR count). The quantitative estimate of drug-likeness (QED) is 0.764. The van der Waals surface area contributed by atoms with Gasteiger partial charge in [-0.05, 0) is 12.8 Å². The van der Waals surface area contributed by atoms with E-state index in [-0.39, 0.29) is 11.7 Å². The van der Waals surface area contributed by atoms with Crippen molar-refractivity contribution in [1.82, 2.24) is 9.55 Å². The van der Waals surface area contributed by atoms with Crippen LogP contribution in [0.2, 0.25) is 0 Å². The standard InChI is InChI=1S/C9H12N2O3/c12-9(13)8-4-11(6-10-8)7-2-1-3-14-5-7/h4,6-7H,1-3,5H2,(H,12,13). The molecule has 0 aromatic carbocycles. The molecule has 1 fully saturated rings. The third-order valence-corrected chi connectivity index (χ3v) is 2.38. The maximum absolute atomic E-state index is 10.6. The van der Waals surface area contributed by atoms with Crippen LogP contribution in [0, 0.1) is 0 Å². The second-order valence-corrected chi connectivity index (χ2v) is 3.38. The maximum atomic E-state index is 10.6. The molecule has 76 valence electrons. The molecule has 1 aromatic heterocycles. The summed E-state index contributed by atoms with van der Waals surface area (Å²) in [5, 5.41) is 8.69. The van der Waals surface area contributed by atoms with Gasteiger partial charge in [-0.3, -0.25) is 0 Å². The first-order chi connectivity index (χ1) is 6.77. The molecule has 5 heteroatoms. The summed E-state index contributed by atoms with van der Waals surface area (Å²) in [4.78, 5) is 14.4. The highest BCUT2D eigenvalue weighted by molar-refractivity contribution is 5.84. The number of ether oxygens (including phenoxy) is 1. The zero-order chi connectivity index (χ0) is 9.97. The molecular formula is C9H12N2O3. The fourth-order valence-corrected chi connectivity index (χ4v) is 1.61. The third kappa shape index (κ3) is 1.77. The lowest BCUT2D eigenvalue weighted by atomic mass is 10.1. The average molecular weight is 196 g/mol. The highest BCUT2D eigenvalue weighted by atomic mass is 16.5. The van der Waals surface area contributed by atoms with Gasteiger partial charge in [-0.1, -0.05) is 0 Å². The first-order valence-corrected chi connectivity index (χ1v) is 4.62. The second-order valence-electron chi connectivity index (χ2n) is 3.38. The normalized spacial score (nSPS) is 22.1. The Morgan fingerprint density at radius 1 is 1.71 bits per heavy atom. The van der Waals surface area contributed by atoms with Gasteiger partial charge in [-0.2, -0.15) is 0 Å². The molecule has 1 unspecified atom stereocenters. The first kappa shape index (κ1) is 9.21. The van der Waals surface area contributed by atoms with Crippen LogP contribution in [-0.4, -0.2) is 33.8 Å². The Morgan fingerprint density at radius 2 is 2.57 bits per heavy atom. The van der Waals surface area contributed by atoms with Crippen LogP contribution in [0.1, 0.15) is 29.4 Å². The van der Waals surface area contributed by atoms with Gasteiger partial charge in [0.15, 0.2) is 5.69 Å². The summed E-state index contributed by atoms with van der Waals surface area (Å²) in [6, 6.07) is 0.240. The number of nitrogens with zero attached hydrogens (tertiary/aromatic N) is 2. The van der Waals surface area contributed by atoms with Gasteiger partial charge in [0, 0.05) is 12.8 Å². The van der Waals surface area contributed by atoms with E-state index in [0.29, 0.717) is 6.61 Å². The summed E-state index contributed by atoms with van der Waals surface area (Å²) in [7, 11) is 0. The zero-order valence-electron chi connectivity index (χ0n) is 7.72. The number of carboxylic acids is 1. The van der Waals surface area contributed by atoms with Crippen LogP contribution in [0.5, 0.6) is 0 Å². The Bertz CT molecular complexity index is 329. The maximum Gasteiger partial charge on any atom is 0.356 e. The molecule has 5 nitrogen and oxygen atoms in total. The summed E-state index contributed by atoms with van der Waals surface area (Å²) in [5.74, 6) is -0.986. The Morgan fingerprint density at radius 3 is 3.14 bits per heavy atom. The van der Waals surface area contributed by atoms with Gasteiger partial charge in [-0.25, -0.2) is 9.78 Å². The van der Waals surface area contributed by atoms with Crippen molar-refractivity contribution in [2.24, 2.45) is 0 Å². The molecule has 1 aliphatic heterocycles. The fraction of sp³-hybridized carbons (Fsp3) is 0.556. The van der Waals surface area contributed by atoms with E-state index in [9.17, 15) is 4.79 Å². The van der Waals surface area contributed by atoms with E-state index in [0.717, 1.165) is 19.4 Å². The number of hydrogen-bond acceptors (Lipinski definition) is 3. The van der Waals surface area contributed by atoms with E-state index in [1.807, 2.05) is 4.57 Å². The van der Waals surface area contributed by atoms with E-state index in [2.05, 4.69) is 4.98 Å². The van der Waals surface area contributed by atoms with Crippen LogP contribution in [0.4, 0.5) is 0 Å². The Labute approximate surface area is 81.3 Å². The number of aromatic nitrogens is 2. The molecule has 0 spiro atoms. The molecule has 0 radical (unpaired) electrons. The van der Waals surface area contributed by atoms with Gasteiger partial charge in [0.2, 0.25) is 0 Å². The Balaban J connectivity index is 2.11. The van der Waals surface area contributed by atoms with Gasteiger partial charge >= 0.3 is 5.97 Å². The third-order valence-electron chi connectivity index (χ3n) is 2.38. The number of imidazole rings is 1. The van der Waals surface area contributed by atoms with Crippen molar-refractivity contribution in [2.75, 3.05) is 13.2 Å². The van der Waals surface area contributed by atoms with Crippen molar-refractivity contribution >= 4 is 5.97 Å². The summed E-state index contributed by atoms with van der Waals surface area (Å²) < 4.78 is 7.13. The van der Waals surface area contributed by atoms with Crippen molar-refractivity contribution in [2.45, 2.75) is 18.9 Å². The molecule has 1 N–H and O–H groups in total. The van der Waals surface area contributed by atoms with Crippen molar-refractivity contribution in [3.63, 3.8) is 0 Å². The van der Waals surface area contributed by atoms with Crippen LogP contribution in [-0.2, 0) is 4.74 Å². The van der Waals surface area contributed by atoms with Gasteiger partial charge < -0.3 is 14.4 Å². The SMILES string of the molecule is O=C(O)c1cn(C2CCCOC2)cn1. The molecule has 14 heavy (non-hydrogen) atoms. The van der Waals surface area contributed by atoms with Gasteiger partial charge in [0.05, 0.1) is 19.0 Å². The van der Waals surface area contributed by atoms with Crippen LogP contribution in [0.15, 0.2) is 12.5 Å². The lowest BCUT2D eigenvalue weighted by Crippen LogP contribution is -2.20. The second kappa shape index (κ2) is 3.79. The lowest BCUT2D eigenvalue weighted by Gasteiger charge is -2.22. The van der Waals surface area contributed by atoms with E-state index in [1.54, 1.807) is 12.5 Å². The topological polar surface area (TPSA) is 64.3 Å². The Kier molecular flexibility index (Phi) is 2.49. The lowest BCUT2D eigenvalue weighted by molar-refractivity contribution is 0.0589. The minimum Gasteiger partial charge on any atom is -0.476 e. The van der Waals surface area contributed by atoms with Crippen molar-refractivity contribution < 1.29 is 14.6 Å². The Hall–Kier alpha value is -1.36. The molecule has 1 saturated heterocycles. The molecule has 0 saturated carbocycles. The number of carbonyl (C=O) groups is 1. The summed E-state index contributed by atoms with van der Waals surface area (Å²) in [5.41, 5.74) is 0.0931. The molecule has 0 aliphatic carbocycles. The summed E-state index contributed by atoms with van der Waals surface area (Å²) in [6.45, 7) is 1.45. The number of hydrogen-bond donors (Lipinski definition) is 1. The summed E-state index contributed by atoms with van der Waals surface area (Å²) >= 11 is 0. The van der Waals surface area contributed by atoms with Gasteiger partial charge in [0.1, 0.15) is 0 Å². The van der Waals surface area contributed by atoms with Crippen molar-refractivity contribution in [1.29, 1.82) is 0 Å². The minimum atomic E-state index is -0.986. The molecule has 0 amide bonds. The molecule has 1 aromatic rings. The van der Waals surface area contributed by atoms with Crippen LogP contribution in [0.25, 0.3) is 0 Å². The fourth-order valence-electron chi connectivity index (χ4n) is 1.61. The van der Waals surface area contributed by atoms with Crippen LogP contribution < -0.4 is 0 Å².